The molecule has 2 nitrogen and oxygen atoms in total. The number of hydrogen-bond donors (Lipinski definition) is 1. The third-order valence-corrected chi connectivity index (χ3v) is 2.62. The summed E-state index contributed by atoms with van der Waals surface area (Å²) in [5.41, 5.74) is 11.0. The molecule has 2 N–H and O–H groups in total. The quantitative estimate of drug-likeness (QED) is 0.779. The molecular weight excluding hydrogens is 172 g/mol. The second-order valence-corrected chi connectivity index (χ2v) is 4.18. The molecule has 0 fully saturated rings. The van der Waals surface area contributed by atoms with Crippen LogP contribution in [0, 0.1) is 13.8 Å². The fraction of sp³-hybridized carbons (Fsp3) is 0.500. The first-order chi connectivity index (χ1) is 6.43. The zero-order valence-electron chi connectivity index (χ0n) is 9.76. The van der Waals surface area contributed by atoms with Crippen LogP contribution >= 0.6 is 0 Å². The van der Waals surface area contributed by atoms with Gasteiger partial charge in [-0.2, -0.15) is 0 Å². The maximum Gasteiger partial charge on any atom is 0.0412 e. The molecule has 0 aliphatic carbocycles. The Balaban J connectivity index is 3.31. The second kappa shape index (κ2) is 4.01. The Morgan fingerprint density at radius 2 is 1.64 bits per heavy atom. The van der Waals surface area contributed by atoms with E-state index in [4.69, 9.17) is 5.73 Å². The molecule has 0 aliphatic rings. The molecule has 0 spiro atoms. The van der Waals surface area contributed by atoms with E-state index in [1.54, 1.807) is 0 Å². The van der Waals surface area contributed by atoms with E-state index in [0.717, 1.165) is 0 Å². The predicted molar refractivity (Wildman–Crippen MR) is 62.8 cm³/mol. The summed E-state index contributed by atoms with van der Waals surface area (Å²) in [6, 6.07) is 4.48. The van der Waals surface area contributed by atoms with Gasteiger partial charge in [0.05, 0.1) is 0 Å². The third-order valence-electron chi connectivity index (χ3n) is 2.62. The zero-order valence-corrected chi connectivity index (χ0v) is 9.76. The topological polar surface area (TPSA) is 29.3 Å². The molecular formula is C12H20N2. The number of nitrogens with two attached hydrogens (primary N) is 1. The summed E-state index contributed by atoms with van der Waals surface area (Å²) in [5.74, 6) is 0. The van der Waals surface area contributed by atoms with Crippen molar-refractivity contribution in [3.05, 3.63) is 28.8 Å². The first-order valence-electron chi connectivity index (χ1n) is 4.97. The van der Waals surface area contributed by atoms with Gasteiger partial charge in [0.2, 0.25) is 0 Å². The molecule has 2 heteroatoms. The Hall–Kier alpha value is -1.02. The van der Waals surface area contributed by atoms with Crippen LogP contribution in [0.2, 0.25) is 0 Å². The highest BCUT2D eigenvalue weighted by Crippen LogP contribution is 2.27. The highest BCUT2D eigenvalue weighted by molar-refractivity contribution is 5.57. The van der Waals surface area contributed by atoms with E-state index in [1.165, 1.54) is 22.4 Å². The minimum Gasteiger partial charge on any atom is -0.377 e. The smallest absolute Gasteiger partial charge is 0.0412 e. The third kappa shape index (κ3) is 2.07. The van der Waals surface area contributed by atoms with Gasteiger partial charge in [0, 0.05) is 25.8 Å². The van der Waals surface area contributed by atoms with Crippen molar-refractivity contribution in [2.24, 2.45) is 5.73 Å². The van der Waals surface area contributed by atoms with Crippen molar-refractivity contribution in [2.75, 3.05) is 19.0 Å². The molecule has 78 valence electrons. The number of aryl methyl sites for hydroxylation is 2. The van der Waals surface area contributed by atoms with Crippen molar-refractivity contribution >= 4 is 5.69 Å². The van der Waals surface area contributed by atoms with E-state index in [-0.39, 0.29) is 6.04 Å². The monoisotopic (exact) mass is 192 g/mol. The van der Waals surface area contributed by atoms with Crippen LogP contribution in [0.3, 0.4) is 0 Å². The molecule has 0 aromatic heterocycles. The average Bonchev–Trinajstić information content (AvgIpc) is 2.08. The van der Waals surface area contributed by atoms with Crippen molar-refractivity contribution < 1.29 is 0 Å². The minimum atomic E-state index is 0.0895. The van der Waals surface area contributed by atoms with Gasteiger partial charge < -0.3 is 10.6 Å². The SMILES string of the molecule is Cc1cc(C(C)N)c(N(C)C)cc1C. The van der Waals surface area contributed by atoms with Crippen LogP contribution in [-0.2, 0) is 0 Å². The highest BCUT2D eigenvalue weighted by Gasteiger charge is 2.10. The zero-order chi connectivity index (χ0) is 10.9. The summed E-state index contributed by atoms with van der Waals surface area (Å²) >= 11 is 0. The second-order valence-electron chi connectivity index (χ2n) is 4.18. The number of anilines is 1. The van der Waals surface area contributed by atoms with Gasteiger partial charge in [0.1, 0.15) is 0 Å². The van der Waals surface area contributed by atoms with E-state index < -0.39 is 0 Å². The Labute approximate surface area is 86.7 Å². The van der Waals surface area contributed by atoms with Crippen LogP contribution in [0.1, 0.15) is 29.7 Å². The fourth-order valence-electron chi connectivity index (χ4n) is 1.58. The molecule has 1 aromatic carbocycles. The lowest BCUT2D eigenvalue weighted by Crippen LogP contribution is -2.16. The lowest BCUT2D eigenvalue weighted by Gasteiger charge is -2.21. The van der Waals surface area contributed by atoms with Gasteiger partial charge in [0.15, 0.2) is 0 Å². The largest absolute Gasteiger partial charge is 0.377 e. The molecule has 0 radical (unpaired) electrons. The molecule has 0 heterocycles. The van der Waals surface area contributed by atoms with Gasteiger partial charge >= 0.3 is 0 Å². The summed E-state index contributed by atoms with van der Waals surface area (Å²) in [6.45, 7) is 6.28. The van der Waals surface area contributed by atoms with Crippen LogP contribution in [0.5, 0.6) is 0 Å². The Kier molecular flexibility index (Phi) is 3.17. The normalized spacial score (nSPS) is 12.7. The maximum absolute atomic E-state index is 5.94. The molecule has 0 amide bonds. The van der Waals surface area contributed by atoms with Crippen LogP contribution in [0.4, 0.5) is 5.69 Å². The highest BCUT2D eigenvalue weighted by atomic mass is 15.1. The number of benzene rings is 1. The van der Waals surface area contributed by atoms with Gasteiger partial charge in [-0.3, -0.25) is 0 Å². The van der Waals surface area contributed by atoms with Crippen molar-refractivity contribution in [1.29, 1.82) is 0 Å². The number of nitrogens with zero attached hydrogens (tertiary/aromatic N) is 1. The van der Waals surface area contributed by atoms with Crippen LogP contribution < -0.4 is 10.6 Å². The summed E-state index contributed by atoms with van der Waals surface area (Å²) in [4.78, 5) is 2.12. The maximum atomic E-state index is 5.94. The molecule has 0 saturated carbocycles. The van der Waals surface area contributed by atoms with Crippen LogP contribution in [-0.4, -0.2) is 14.1 Å². The lowest BCUT2D eigenvalue weighted by molar-refractivity contribution is 0.811. The molecule has 0 aliphatic heterocycles. The first-order valence-corrected chi connectivity index (χ1v) is 4.97. The molecule has 1 unspecified atom stereocenters. The molecule has 1 aromatic rings. The fourth-order valence-corrected chi connectivity index (χ4v) is 1.58. The predicted octanol–water partition coefficient (Wildman–Crippen LogP) is 2.39. The molecule has 14 heavy (non-hydrogen) atoms. The van der Waals surface area contributed by atoms with Crippen molar-refractivity contribution in [1.82, 2.24) is 0 Å². The minimum absolute atomic E-state index is 0.0895. The summed E-state index contributed by atoms with van der Waals surface area (Å²) in [7, 11) is 4.10. The van der Waals surface area contributed by atoms with E-state index in [2.05, 4.69) is 45.0 Å². The van der Waals surface area contributed by atoms with Crippen molar-refractivity contribution in [2.45, 2.75) is 26.8 Å². The Morgan fingerprint density at radius 3 is 2.07 bits per heavy atom. The Bertz CT molecular complexity index is 294. The molecule has 1 rings (SSSR count). The Morgan fingerprint density at radius 1 is 1.14 bits per heavy atom. The van der Waals surface area contributed by atoms with Gasteiger partial charge in [0.25, 0.3) is 0 Å². The lowest BCUT2D eigenvalue weighted by atomic mass is 9.99. The van der Waals surface area contributed by atoms with Crippen molar-refractivity contribution in [3.63, 3.8) is 0 Å². The van der Waals surface area contributed by atoms with E-state index >= 15 is 0 Å². The van der Waals surface area contributed by atoms with E-state index in [0.29, 0.717) is 0 Å². The van der Waals surface area contributed by atoms with E-state index in [1.807, 2.05) is 6.92 Å². The van der Waals surface area contributed by atoms with E-state index in [9.17, 15) is 0 Å². The van der Waals surface area contributed by atoms with Crippen molar-refractivity contribution in [3.8, 4) is 0 Å². The summed E-state index contributed by atoms with van der Waals surface area (Å²) in [6.07, 6.45) is 0. The number of rotatable bonds is 2. The van der Waals surface area contributed by atoms with Crippen LogP contribution in [0.25, 0.3) is 0 Å². The standard InChI is InChI=1S/C12H20N2/c1-8-6-11(10(3)13)12(14(4)5)7-9(8)2/h6-7,10H,13H2,1-5H3. The number of hydrogen-bond acceptors (Lipinski definition) is 2. The van der Waals surface area contributed by atoms with Gasteiger partial charge in [-0.05, 0) is 43.5 Å². The average molecular weight is 192 g/mol. The molecule has 1 atom stereocenters. The van der Waals surface area contributed by atoms with Gasteiger partial charge in [-0.1, -0.05) is 6.07 Å². The summed E-state index contributed by atoms with van der Waals surface area (Å²) < 4.78 is 0. The first kappa shape index (κ1) is 11.1. The molecule has 0 bridgehead atoms. The van der Waals surface area contributed by atoms with Gasteiger partial charge in [-0.15, -0.1) is 0 Å². The van der Waals surface area contributed by atoms with Crippen LogP contribution in [0.15, 0.2) is 12.1 Å². The molecule has 0 saturated heterocycles. The van der Waals surface area contributed by atoms with Gasteiger partial charge in [-0.25, -0.2) is 0 Å². The summed E-state index contributed by atoms with van der Waals surface area (Å²) in [5, 5.41) is 0.